The van der Waals surface area contributed by atoms with E-state index >= 15 is 0 Å². The first-order chi connectivity index (χ1) is 12.1. The molecule has 0 radical (unpaired) electrons. The van der Waals surface area contributed by atoms with Gasteiger partial charge in [0, 0.05) is 38.6 Å². The summed E-state index contributed by atoms with van der Waals surface area (Å²) < 4.78 is 5.11. The van der Waals surface area contributed by atoms with Gasteiger partial charge in [0.2, 0.25) is 5.91 Å². The van der Waals surface area contributed by atoms with Crippen LogP contribution in [0, 0.1) is 0 Å². The molecule has 1 fully saturated rings. The Balaban J connectivity index is 1.45. The average molecular weight is 342 g/mol. The Labute approximate surface area is 144 Å². The molecule has 2 aromatic rings. The average Bonchev–Trinajstić information content (AvgIpc) is 3.21. The van der Waals surface area contributed by atoms with E-state index in [-0.39, 0.29) is 24.3 Å². The number of amides is 3. The van der Waals surface area contributed by atoms with Crippen LogP contribution >= 0.6 is 0 Å². The lowest BCUT2D eigenvalue weighted by molar-refractivity contribution is -0.131. The van der Waals surface area contributed by atoms with Gasteiger partial charge in [-0.3, -0.25) is 19.4 Å². The van der Waals surface area contributed by atoms with Crippen molar-refractivity contribution in [2.45, 2.75) is 0 Å². The monoisotopic (exact) mass is 342 g/mol. The second kappa shape index (κ2) is 7.61. The molecule has 0 aliphatic carbocycles. The van der Waals surface area contributed by atoms with E-state index in [4.69, 9.17) is 4.42 Å². The van der Waals surface area contributed by atoms with E-state index in [0.29, 0.717) is 37.5 Å². The van der Waals surface area contributed by atoms with Crippen LogP contribution in [0.15, 0.2) is 47.3 Å². The second-order valence-corrected chi connectivity index (χ2v) is 5.57. The Morgan fingerprint density at radius 3 is 2.48 bits per heavy atom. The van der Waals surface area contributed by atoms with Gasteiger partial charge in [-0.05, 0) is 24.3 Å². The predicted molar refractivity (Wildman–Crippen MR) is 87.8 cm³/mol. The fourth-order valence-corrected chi connectivity index (χ4v) is 2.58. The van der Waals surface area contributed by atoms with Gasteiger partial charge in [0.15, 0.2) is 5.76 Å². The Kier molecular flexibility index (Phi) is 5.08. The molecule has 0 atom stereocenters. The number of hydrogen-bond acceptors (Lipinski definition) is 5. The van der Waals surface area contributed by atoms with Crippen molar-refractivity contribution in [3.63, 3.8) is 0 Å². The second-order valence-electron chi connectivity index (χ2n) is 5.57. The minimum Gasteiger partial charge on any atom is -0.459 e. The van der Waals surface area contributed by atoms with E-state index in [1.807, 2.05) is 0 Å². The first kappa shape index (κ1) is 16.7. The molecule has 0 spiro atoms. The molecule has 8 nitrogen and oxygen atoms in total. The molecule has 2 aromatic heterocycles. The number of furan rings is 1. The van der Waals surface area contributed by atoms with E-state index in [1.165, 1.54) is 12.5 Å². The lowest BCUT2D eigenvalue weighted by atomic mass is 10.2. The smallest absolute Gasteiger partial charge is 0.289 e. The van der Waals surface area contributed by atoms with Crippen LogP contribution in [0.5, 0.6) is 0 Å². The van der Waals surface area contributed by atoms with Crippen LogP contribution < -0.4 is 5.32 Å². The molecule has 0 unspecified atom stereocenters. The molecule has 3 amide bonds. The van der Waals surface area contributed by atoms with Crippen molar-refractivity contribution >= 4 is 17.7 Å². The van der Waals surface area contributed by atoms with Gasteiger partial charge < -0.3 is 19.5 Å². The number of nitrogens with zero attached hydrogens (tertiary/aromatic N) is 3. The van der Waals surface area contributed by atoms with Crippen LogP contribution in [-0.4, -0.2) is 65.2 Å². The number of carbonyl (C=O) groups excluding carboxylic acids is 3. The molecule has 0 aromatic carbocycles. The van der Waals surface area contributed by atoms with Crippen molar-refractivity contribution < 1.29 is 18.8 Å². The van der Waals surface area contributed by atoms with Crippen LogP contribution in [0.1, 0.15) is 20.9 Å². The van der Waals surface area contributed by atoms with Gasteiger partial charge in [-0.2, -0.15) is 0 Å². The molecule has 1 N–H and O–H groups in total. The number of pyridine rings is 1. The summed E-state index contributed by atoms with van der Waals surface area (Å²) in [5, 5.41) is 2.59. The Bertz CT molecular complexity index is 737. The molecule has 0 saturated carbocycles. The Morgan fingerprint density at radius 2 is 1.84 bits per heavy atom. The van der Waals surface area contributed by atoms with Crippen LogP contribution in [0.4, 0.5) is 0 Å². The number of nitrogens with one attached hydrogen (secondary N) is 1. The molecule has 3 heterocycles. The van der Waals surface area contributed by atoms with Crippen LogP contribution in [0.2, 0.25) is 0 Å². The molecular formula is C17H18N4O4. The highest BCUT2D eigenvalue weighted by molar-refractivity contribution is 5.96. The highest BCUT2D eigenvalue weighted by atomic mass is 16.3. The lowest BCUT2D eigenvalue weighted by Crippen LogP contribution is -2.52. The van der Waals surface area contributed by atoms with Gasteiger partial charge in [0.25, 0.3) is 11.8 Å². The summed E-state index contributed by atoms with van der Waals surface area (Å²) in [6, 6.07) is 6.57. The lowest BCUT2D eigenvalue weighted by Gasteiger charge is -2.34. The zero-order chi connectivity index (χ0) is 17.6. The third kappa shape index (κ3) is 4.03. The Hall–Kier alpha value is -3.16. The highest BCUT2D eigenvalue weighted by Gasteiger charge is 2.26. The van der Waals surface area contributed by atoms with Crippen molar-refractivity contribution in [3.8, 4) is 0 Å². The maximum Gasteiger partial charge on any atom is 0.289 e. The number of piperazine rings is 1. The van der Waals surface area contributed by atoms with Gasteiger partial charge in [-0.15, -0.1) is 0 Å². The topological polar surface area (TPSA) is 95.8 Å². The van der Waals surface area contributed by atoms with E-state index in [0.717, 1.165) is 0 Å². The first-order valence-electron chi connectivity index (χ1n) is 7.94. The van der Waals surface area contributed by atoms with Crippen molar-refractivity contribution in [2.24, 2.45) is 0 Å². The number of hydrogen-bond donors (Lipinski definition) is 1. The van der Waals surface area contributed by atoms with Crippen molar-refractivity contribution in [1.29, 1.82) is 0 Å². The molecule has 0 bridgehead atoms. The molecule has 25 heavy (non-hydrogen) atoms. The van der Waals surface area contributed by atoms with Crippen molar-refractivity contribution in [1.82, 2.24) is 20.1 Å². The summed E-state index contributed by atoms with van der Waals surface area (Å²) in [5.74, 6) is -0.402. The minimum atomic E-state index is -0.340. The van der Waals surface area contributed by atoms with Crippen LogP contribution in [-0.2, 0) is 4.79 Å². The van der Waals surface area contributed by atoms with Gasteiger partial charge in [-0.25, -0.2) is 0 Å². The number of carbonyl (C=O) groups is 3. The fraction of sp³-hybridized carbons (Fsp3) is 0.294. The van der Waals surface area contributed by atoms with E-state index in [9.17, 15) is 14.4 Å². The van der Waals surface area contributed by atoms with Crippen LogP contribution in [0.3, 0.4) is 0 Å². The zero-order valence-electron chi connectivity index (χ0n) is 13.6. The standard InChI is InChI=1S/C17H18N4O4/c22-15(12-19-16(23)13-3-1-5-18-11-13)20-6-8-21(9-7-20)17(24)14-4-2-10-25-14/h1-5,10-11H,6-9,12H2,(H,19,23). The summed E-state index contributed by atoms with van der Waals surface area (Å²) in [6.45, 7) is 1.63. The molecule has 3 rings (SSSR count). The number of aromatic nitrogens is 1. The predicted octanol–water partition coefficient (Wildman–Crippen LogP) is 0.389. The first-order valence-corrected chi connectivity index (χ1v) is 7.94. The van der Waals surface area contributed by atoms with E-state index < -0.39 is 0 Å². The molecule has 1 saturated heterocycles. The summed E-state index contributed by atoms with van der Waals surface area (Å²) in [6.07, 6.45) is 4.47. The van der Waals surface area contributed by atoms with Gasteiger partial charge in [-0.1, -0.05) is 0 Å². The Morgan fingerprint density at radius 1 is 1.08 bits per heavy atom. The normalized spacial score (nSPS) is 14.2. The largest absolute Gasteiger partial charge is 0.459 e. The third-order valence-corrected chi connectivity index (χ3v) is 3.98. The number of rotatable bonds is 4. The quantitative estimate of drug-likeness (QED) is 0.867. The van der Waals surface area contributed by atoms with Crippen molar-refractivity contribution in [3.05, 3.63) is 54.2 Å². The molecule has 1 aliphatic heterocycles. The van der Waals surface area contributed by atoms with E-state index in [1.54, 1.807) is 40.3 Å². The van der Waals surface area contributed by atoms with Gasteiger partial charge >= 0.3 is 0 Å². The molecular weight excluding hydrogens is 324 g/mol. The third-order valence-electron chi connectivity index (χ3n) is 3.98. The zero-order valence-corrected chi connectivity index (χ0v) is 13.6. The highest BCUT2D eigenvalue weighted by Crippen LogP contribution is 2.09. The molecule has 8 heteroatoms. The maximum atomic E-state index is 12.2. The summed E-state index contributed by atoms with van der Waals surface area (Å²) >= 11 is 0. The summed E-state index contributed by atoms with van der Waals surface area (Å²) in [7, 11) is 0. The maximum absolute atomic E-state index is 12.2. The van der Waals surface area contributed by atoms with Crippen molar-refractivity contribution in [2.75, 3.05) is 32.7 Å². The van der Waals surface area contributed by atoms with Crippen LogP contribution in [0.25, 0.3) is 0 Å². The van der Waals surface area contributed by atoms with Gasteiger partial charge in [0.1, 0.15) is 0 Å². The summed E-state index contributed by atoms with van der Waals surface area (Å²) in [5.41, 5.74) is 0.407. The fourth-order valence-electron chi connectivity index (χ4n) is 2.58. The molecule has 130 valence electrons. The summed E-state index contributed by atoms with van der Waals surface area (Å²) in [4.78, 5) is 43.5. The van der Waals surface area contributed by atoms with Gasteiger partial charge in [0.05, 0.1) is 18.4 Å². The van der Waals surface area contributed by atoms with E-state index in [2.05, 4.69) is 10.3 Å². The SMILES string of the molecule is O=C(NCC(=O)N1CCN(C(=O)c2ccco2)CC1)c1cccnc1. The minimum absolute atomic E-state index is 0.0835. The molecule has 1 aliphatic rings.